The standard InChI is InChI=1S/C21H37N5O4/c1-5-7-12-24-20(27)29-16(3)26(15-18(22)19-11-9-10-14-23-19)17(4)30-21(28)25-13-8-6-2/h9-11,14,16-18H,5-8,12-13,15,22H2,1-4H3,(H,24,27)(H,25,28). The molecule has 0 radical (unpaired) electrons. The lowest BCUT2D eigenvalue weighted by Gasteiger charge is -2.34. The van der Waals surface area contributed by atoms with Gasteiger partial charge in [0.2, 0.25) is 0 Å². The first-order valence-corrected chi connectivity index (χ1v) is 10.7. The summed E-state index contributed by atoms with van der Waals surface area (Å²) in [6.45, 7) is 8.90. The van der Waals surface area contributed by atoms with Gasteiger partial charge in [0.15, 0.2) is 12.5 Å². The van der Waals surface area contributed by atoms with Crippen LogP contribution < -0.4 is 16.4 Å². The Balaban J connectivity index is 2.78. The van der Waals surface area contributed by atoms with Crippen LogP contribution >= 0.6 is 0 Å². The molecule has 0 aliphatic rings. The van der Waals surface area contributed by atoms with Gasteiger partial charge in [0, 0.05) is 25.8 Å². The highest BCUT2D eigenvalue weighted by Gasteiger charge is 2.28. The van der Waals surface area contributed by atoms with Gasteiger partial charge in [-0.1, -0.05) is 32.8 Å². The molecule has 0 saturated carbocycles. The molecule has 1 heterocycles. The lowest BCUT2D eigenvalue weighted by molar-refractivity contribution is -0.0941. The summed E-state index contributed by atoms with van der Waals surface area (Å²) in [5.41, 5.74) is 7.01. The molecular weight excluding hydrogens is 386 g/mol. The monoisotopic (exact) mass is 423 g/mol. The van der Waals surface area contributed by atoms with E-state index in [1.165, 1.54) is 0 Å². The molecule has 0 spiro atoms. The van der Waals surface area contributed by atoms with Crippen LogP contribution in [0, 0.1) is 0 Å². The normalized spacial score (nSPS) is 13.9. The minimum Gasteiger partial charge on any atom is -0.430 e. The minimum absolute atomic E-state index is 0.282. The molecule has 2 amide bonds. The van der Waals surface area contributed by atoms with Crippen molar-refractivity contribution >= 4 is 12.2 Å². The third-order valence-corrected chi connectivity index (χ3v) is 4.56. The summed E-state index contributed by atoms with van der Waals surface area (Å²) < 4.78 is 11.0. The average molecular weight is 424 g/mol. The molecule has 0 aliphatic carbocycles. The van der Waals surface area contributed by atoms with Gasteiger partial charge in [0.05, 0.1) is 11.7 Å². The molecule has 1 aromatic rings. The van der Waals surface area contributed by atoms with Crippen molar-refractivity contribution < 1.29 is 19.1 Å². The summed E-state index contributed by atoms with van der Waals surface area (Å²) >= 11 is 0. The van der Waals surface area contributed by atoms with Crippen molar-refractivity contribution in [2.45, 2.75) is 71.9 Å². The zero-order chi connectivity index (χ0) is 22.4. The number of aromatic nitrogens is 1. The Hall–Kier alpha value is -2.39. The first-order valence-electron chi connectivity index (χ1n) is 10.7. The van der Waals surface area contributed by atoms with Crippen molar-refractivity contribution in [3.05, 3.63) is 30.1 Å². The summed E-state index contributed by atoms with van der Waals surface area (Å²) in [5.74, 6) is 0. The lowest BCUT2D eigenvalue weighted by atomic mass is 10.2. The Bertz CT molecular complexity index is 587. The molecule has 9 nitrogen and oxygen atoms in total. The summed E-state index contributed by atoms with van der Waals surface area (Å²) in [7, 11) is 0. The van der Waals surface area contributed by atoms with E-state index in [1.807, 2.05) is 32.0 Å². The van der Waals surface area contributed by atoms with E-state index in [-0.39, 0.29) is 6.54 Å². The van der Waals surface area contributed by atoms with Crippen molar-refractivity contribution in [2.75, 3.05) is 19.6 Å². The number of nitrogens with zero attached hydrogens (tertiary/aromatic N) is 2. The molecular formula is C21H37N5O4. The molecule has 30 heavy (non-hydrogen) atoms. The van der Waals surface area contributed by atoms with Gasteiger partial charge in [-0.15, -0.1) is 0 Å². The average Bonchev–Trinajstić information content (AvgIpc) is 2.72. The van der Waals surface area contributed by atoms with Crippen molar-refractivity contribution in [2.24, 2.45) is 5.73 Å². The van der Waals surface area contributed by atoms with E-state index in [2.05, 4.69) is 15.6 Å². The van der Waals surface area contributed by atoms with E-state index in [1.54, 1.807) is 24.9 Å². The fourth-order valence-electron chi connectivity index (χ4n) is 2.77. The number of hydrogen-bond acceptors (Lipinski definition) is 7. The third kappa shape index (κ3) is 9.89. The Morgan fingerprint density at radius 1 is 1.03 bits per heavy atom. The van der Waals surface area contributed by atoms with Crippen molar-refractivity contribution in [1.29, 1.82) is 0 Å². The summed E-state index contributed by atoms with van der Waals surface area (Å²) in [6, 6.07) is 5.05. The maximum absolute atomic E-state index is 12.1. The zero-order valence-electron chi connectivity index (χ0n) is 18.6. The predicted octanol–water partition coefficient (Wildman–Crippen LogP) is 3.13. The topological polar surface area (TPSA) is 119 Å². The number of nitrogens with one attached hydrogen (secondary N) is 2. The number of hydrogen-bond donors (Lipinski definition) is 3. The van der Waals surface area contributed by atoms with Crippen LogP contribution in [0.15, 0.2) is 24.4 Å². The zero-order valence-corrected chi connectivity index (χ0v) is 18.6. The fraction of sp³-hybridized carbons (Fsp3) is 0.667. The highest BCUT2D eigenvalue weighted by Crippen LogP contribution is 2.16. The van der Waals surface area contributed by atoms with E-state index in [9.17, 15) is 9.59 Å². The SMILES string of the molecule is CCCCNC(=O)OC(C)N(CC(N)c1ccccn1)C(C)OC(=O)NCCCC. The van der Waals surface area contributed by atoms with Gasteiger partial charge >= 0.3 is 12.2 Å². The summed E-state index contributed by atoms with van der Waals surface area (Å²) in [4.78, 5) is 30.2. The first kappa shape index (κ1) is 25.6. The van der Waals surface area contributed by atoms with Crippen LogP contribution in [0.4, 0.5) is 9.59 Å². The fourth-order valence-corrected chi connectivity index (χ4v) is 2.77. The molecule has 170 valence electrons. The molecule has 9 heteroatoms. The number of carbonyl (C=O) groups excluding carboxylic acids is 2. The first-order chi connectivity index (χ1) is 14.4. The van der Waals surface area contributed by atoms with Crippen LogP contribution in [0.1, 0.15) is 65.1 Å². The Labute approximate surface area is 179 Å². The summed E-state index contributed by atoms with van der Waals surface area (Å²) in [6.07, 6.45) is 2.97. The van der Waals surface area contributed by atoms with Crippen LogP contribution in [-0.4, -0.2) is 54.2 Å². The maximum Gasteiger partial charge on any atom is 0.408 e. The molecule has 0 aliphatic heterocycles. The molecule has 3 atom stereocenters. The molecule has 1 rings (SSSR count). The van der Waals surface area contributed by atoms with Crippen molar-refractivity contribution in [3.63, 3.8) is 0 Å². The number of pyridine rings is 1. The number of amides is 2. The van der Waals surface area contributed by atoms with Crippen molar-refractivity contribution in [1.82, 2.24) is 20.5 Å². The van der Waals surface area contributed by atoms with Crippen LogP contribution in [0.2, 0.25) is 0 Å². The number of unbranched alkanes of at least 4 members (excludes halogenated alkanes) is 2. The lowest BCUT2D eigenvalue weighted by Crippen LogP contribution is -2.49. The number of rotatable bonds is 13. The summed E-state index contributed by atoms with van der Waals surface area (Å²) in [5, 5.41) is 5.43. The van der Waals surface area contributed by atoms with Crippen LogP contribution in [-0.2, 0) is 9.47 Å². The second-order valence-electron chi connectivity index (χ2n) is 7.13. The van der Waals surface area contributed by atoms with Gasteiger partial charge in [-0.25, -0.2) is 14.5 Å². The van der Waals surface area contributed by atoms with Crippen LogP contribution in [0.3, 0.4) is 0 Å². The minimum atomic E-state index is -0.667. The Kier molecular flexibility index (Phi) is 12.5. The van der Waals surface area contributed by atoms with Crippen molar-refractivity contribution in [3.8, 4) is 0 Å². The highest BCUT2D eigenvalue weighted by atomic mass is 16.6. The third-order valence-electron chi connectivity index (χ3n) is 4.56. The molecule has 0 fully saturated rings. The Morgan fingerprint density at radius 3 is 2.00 bits per heavy atom. The van der Waals surface area contributed by atoms with Crippen LogP contribution in [0.25, 0.3) is 0 Å². The van der Waals surface area contributed by atoms with Crippen LogP contribution in [0.5, 0.6) is 0 Å². The van der Waals surface area contributed by atoms with E-state index in [0.29, 0.717) is 18.8 Å². The quantitative estimate of drug-likeness (QED) is 0.329. The number of alkyl carbamates (subject to hydrolysis) is 2. The van der Waals surface area contributed by atoms with Gasteiger partial charge in [-0.2, -0.15) is 0 Å². The molecule has 0 saturated heterocycles. The van der Waals surface area contributed by atoms with E-state index < -0.39 is 30.7 Å². The number of ether oxygens (including phenoxy) is 2. The molecule has 0 bridgehead atoms. The van der Waals surface area contributed by atoms with Gasteiger partial charge in [-0.05, 0) is 38.8 Å². The molecule has 0 aromatic carbocycles. The van der Waals surface area contributed by atoms with E-state index in [0.717, 1.165) is 25.7 Å². The number of carbonyl (C=O) groups is 2. The molecule has 4 N–H and O–H groups in total. The van der Waals surface area contributed by atoms with Gasteiger partial charge < -0.3 is 25.8 Å². The number of nitrogens with two attached hydrogens (primary N) is 1. The highest BCUT2D eigenvalue weighted by molar-refractivity contribution is 5.67. The second kappa shape index (κ2) is 14.6. The molecule has 1 aromatic heterocycles. The molecule has 3 unspecified atom stereocenters. The van der Waals surface area contributed by atoms with Gasteiger partial charge in [0.25, 0.3) is 0 Å². The van der Waals surface area contributed by atoms with E-state index >= 15 is 0 Å². The second-order valence-corrected chi connectivity index (χ2v) is 7.13. The maximum atomic E-state index is 12.1. The van der Waals surface area contributed by atoms with Gasteiger partial charge in [-0.3, -0.25) is 4.98 Å². The smallest absolute Gasteiger partial charge is 0.408 e. The van der Waals surface area contributed by atoms with E-state index in [4.69, 9.17) is 15.2 Å². The largest absolute Gasteiger partial charge is 0.430 e. The van der Waals surface area contributed by atoms with Gasteiger partial charge in [0.1, 0.15) is 0 Å². The predicted molar refractivity (Wildman–Crippen MR) is 116 cm³/mol. The Morgan fingerprint density at radius 2 is 1.57 bits per heavy atom.